The summed E-state index contributed by atoms with van der Waals surface area (Å²) in [5, 5.41) is 1.09. The predicted octanol–water partition coefficient (Wildman–Crippen LogP) is 4.88. The van der Waals surface area contributed by atoms with Gasteiger partial charge in [-0.15, -0.1) is 0 Å². The molecular weight excluding hydrogens is 260 g/mol. The Hall–Kier alpha value is -0.860. The average Bonchev–Trinajstić information content (AvgIpc) is 2.22. The van der Waals surface area contributed by atoms with Crippen LogP contribution in [0, 0.1) is 11.7 Å². The maximum absolute atomic E-state index is 13.6. The highest BCUT2D eigenvalue weighted by molar-refractivity contribution is 6.39. The van der Waals surface area contributed by atoms with Gasteiger partial charge in [0, 0.05) is 5.69 Å². The third kappa shape index (κ3) is 2.53. The fourth-order valence-electron chi connectivity index (χ4n) is 1.79. The van der Waals surface area contributed by atoms with Crippen LogP contribution in [0.2, 0.25) is 10.0 Å². The molecule has 0 N–H and O–H groups in total. The number of benzene rings is 1. The van der Waals surface area contributed by atoms with Gasteiger partial charge < -0.3 is 0 Å². The monoisotopic (exact) mass is 271 g/mol. The zero-order chi connectivity index (χ0) is 12.6. The van der Waals surface area contributed by atoms with E-state index >= 15 is 0 Å². The lowest BCUT2D eigenvalue weighted by atomic mass is 10.1. The van der Waals surface area contributed by atoms with Crippen LogP contribution in [0.15, 0.2) is 18.2 Å². The molecule has 0 saturated carbocycles. The van der Waals surface area contributed by atoms with Gasteiger partial charge in [0.05, 0.1) is 20.9 Å². The van der Waals surface area contributed by atoms with Gasteiger partial charge in [0.2, 0.25) is 0 Å². The van der Waals surface area contributed by atoms with Crippen LogP contribution in [0.4, 0.5) is 4.39 Å². The number of nitrogens with zero attached hydrogens (tertiary/aromatic N) is 1. The number of hydrogen-bond acceptors (Lipinski definition) is 1. The number of rotatable bonds is 2. The summed E-state index contributed by atoms with van der Waals surface area (Å²) in [6.07, 6.45) is 0.794. The summed E-state index contributed by atoms with van der Waals surface area (Å²) in [4.78, 5) is 4.38. The van der Waals surface area contributed by atoms with Gasteiger partial charge in [0.15, 0.2) is 0 Å². The highest BCUT2D eigenvalue weighted by atomic mass is 35.5. The highest BCUT2D eigenvalue weighted by Gasteiger charge is 2.12. The molecule has 0 bridgehead atoms. The quantitative estimate of drug-likeness (QED) is 0.759. The van der Waals surface area contributed by atoms with Crippen molar-refractivity contribution >= 4 is 34.1 Å². The fraction of sp³-hybridized carbons (Fsp3) is 0.308. The molecule has 0 amide bonds. The molecule has 0 spiro atoms. The molecule has 0 fully saturated rings. The molecule has 1 nitrogen and oxygen atoms in total. The Morgan fingerprint density at radius 2 is 1.94 bits per heavy atom. The first-order valence-corrected chi connectivity index (χ1v) is 6.17. The highest BCUT2D eigenvalue weighted by Crippen LogP contribution is 2.31. The van der Waals surface area contributed by atoms with Crippen molar-refractivity contribution in [2.45, 2.75) is 20.3 Å². The van der Waals surface area contributed by atoms with Crippen molar-refractivity contribution in [1.29, 1.82) is 0 Å². The maximum atomic E-state index is 13.6. The van der Waals surface area contributed by atoms with Crippen LogP contribution in [0.1, 0.15) is 19.5 Å². The van der Waals surface area contributed by atoms with Crippen molar-refractivity contribution in [2.75, 3.05) is 0 Å². The summed E-state index contributed by atoms with van der Waals surface area (Å²) in [5.41, 5.74) is 1.28. The van der Waals surface area contributed by atoms with E-state index in [1.165, 1.54) is 12.1 Å². The number of pyridine rings is 1. The first kappa shape index (κ1) is 12.6. The van der Waals surface area contributed by atoms with E-state index < -0.39 is 5.82 Å². The van der Waals surface area contributed by atoms with Gasteiger partial charge in [-0.2, -0.15) is 0 Å². The summed E-state index contributed by atoms with van der Waals surface area (Å²) < 4.78 is 13.6. The molecule has 4 heteroatoms. The SMILES string of the molecule is CC(C)Cc1cc(Cl)c2c(F)ccc(Cl)c2n1. The van der Waals surface area contributed by atoms with Gasteiger partial charge in [0.25, 0.3) is 0 Å². The summed E-state index contributed by atoms with van der Waals surface area (Å²) in [5.74, 6) is 0.0707. The van der Waals surface area contributed by atoms with Crippen LogP contribution in [0.3, 0.4) is 0 Å². The van der Waals surface area contributed by atoms with E-state index in [9.17, 15) is 4.39 Å². The fourth-order valence-corrected chi connectivity index (χ4v) is 2.30. The zero-order valence-electron chi connectivity index (χ0n) is 9.60. The van der Waals surface area contributed by atoms with Gasteiger partial charge in [0.1, 0.15) is 5.82 Å². The molecule has 0 aliphatic heterocycles. The van der Waals surface area contributed by atoms with Crippen molar-refractivity contribution in [3.05, 3.63) is 39.8 Å². The second kappa shape index (κ2) is 4.79. The van der Waals surface area contributed by atoms with Gasteiger partial charge >= 0.3 is 0 Å². The average molecular weight is 272 g/mol. The minimum absolute atomic E-state index is 0.298. The number of aromatic nitrogens is 1. The second-order valence-electron chi connectivity index (χ2n) is 4.45. The van der Waals surface area contributed by atoms with Gasteiger partial charge in [-0.1, -0.05) is 37.0 Å². The normalized spacial score (nSPS) is 11.4. The van der Waals surface area contributed by atoms with Crippen molar-refractivity contribution in [2.24, 2.45) is 5.92 Å². The van der Waals surface area contributed by atoms with E-state index in [4.69, 9.17) is 23.2 Å². The topological polar surface area (TPSA) is 12.9 Å². The molecule has 1 aromatic carbocycles. The lowest BCUT2D eigenvalue weighted by Gasteiger charge is -2.09. The van der Waals surface area contributed by atoms with E-state index in [2.05, 4.69) is 18.8 Å². The van der Waals surface area contributed by atoms with Gasteiger partial charge in [-0.3, -0.25) is 4.98 Å². The number of fused-ring (bicyclic) bond motifs is 1. The van der Waals surface area contributed by atoms with E-state index in [1.54, 1.807) is 6.07 Å². The molecule has 0 radical (unpaired) electrons. The minimum Gasteiger partial charge on any atom is -0.251 e. The Morgan fingerprint density at radius 1 is 1.24 bits per heavy atom. The molecule has 17 heavy (non-hydrogen) atoms. The molecule has 0 unspecified atom stereocenters. The molecule has 1 heterocycles. The summed E-state index contributed by atoms with van der Waals surface area (Å²) >= 11 is 12.1. The van der Waals surface area contributed by atoms with E-state index in [0.29, 0.717) is 26.9 Å². The maximum Gasteiger partial charge on any atom is 0.134 e. The van der Waals surface area contributed by atoms with Crippen LogP contribution in [0.25, 0.3) is 10.9 Å². The smallest absolute Gasteiger partial charge is 0.134 e. The zero-order valence-corrected chi connectivity index (χ0v) is 11.1. The molecule has 1 aromatic heterocycles. The van der Waals surface area contributed by atoms with Gasteiger partial charge in [-0.05, 0) is 30.5 Å². The number of halogens is 3. The molecule has 0 atom stereocenters. The van der Waals surface area contributed by atoms with Crippen LogP contribution >= 0.6 is 23.2 Å². The molecule has 2 aromatic rings. The molecule has 0 aliphatic rings. The third-order valence-electron chi connectivity index (χ3n) is 2.48. The Bertz CT molecular complexity index is 567. The van der Waals surface area contributed by atoms with Crippen molar-refractivity contribution in [3.63, 3.8) is 0 Å². The molecule has 0 aliphatic carbocycles. The Balaban J connectivity index is 2.68. The Kier molecular flexibility index (Phi) is 3.55. The molecule has 90 valence electrons. The van der Waals surface area contributed by atoms with E-state index in [1.807, 2.05) is 0 Å². The molecular formula is C13H12Cl2FN. The third-order valence-corrected chi connectivity index (χ3v) is 3.09. The Labute approximate surface area is 110 Å². The first-order chi connectivity index (χ1) is 7.99. The first-order valence-electron chi connectivity index (χ1n) is 5.42. The Morgan fingerprint density at radius 3 is 2.59 bits per heavy atom. The van der Waals surface area contributed by atoms with Crippen molar-refractivity contribution in [1.82, 2.24) is 4.98 Å². The van der Waals surface area contributed by atoms with Crippen LogP contribution in [-0.4, -0.2) is 4.98 Å². The lowest BCUT2D eigenvalue weighted by molar-refractivity contribution is 0.633. The predicted molar refractivity (Wildman–Crippen MR) is 70.3 cm³/mol. The molecule has 0 saturated heterocycles. The van der Waals surface area contributed by atoms with Crippen molar-refractivity contribution < 1.29 is 4.39 Å². The number of hydrogen-bond donors (Lipinski definition) is 0. The standard InChI is InChI=1S/C13H12Cl2FN/c1-7(2)5-8-6-10(15)12-11(16)4-3-9(14)13(12)17-8/h3-4,6-7H,5H2,1-2H3. The van der Waals surface area contributed by atoms with Crippen LogP contribution in [-0.2, 0) is 6.42 Å². The summed E-state index contributed by atoms with van der Waals surface area (Å²) in [6, 6.07) is 4.52. The van der Waals surface area contributed by atoms with E-state index in [-0.39, 0.29) is 0 Å². The minimum atomic E-state index is -0.391. The largest absolute Gasteiger partial charge is 0.251 e. The summed E-state index contributed by atoms with van der Waals surface area (Å²) in [7, 11) is 0. The second-order valence-corrected chi connectivity index (χ2v) is 5.26. The van der Waals surface area contributed by atoms with Crippen LogP contribution in [0.5, 0.6) is 0 Å². The van der Waals surface area contributed by atoms with Crippen molar-refractivity contribution in [3.8, 4) is 0 Å². The van der Waals surface area contributed by atoms with Gasteiger partial charge in [-0.25, -0.2) is 4.39 Å². The lowest BCUT2D eigenvalue weighted by Crippen LogP contribution is -1.99. The summed E-state index contributed by atoms with van der Waals surface area (Å²) in [6.45, 7) is 4.18. The van der Waals surface area contributed by atoms with E-state index in [0.717, 1.165) is 12.1 Å². The van der Waals surface area contributed by atoms with Crippen LogP contribution < -0.4 is 0 Å². The molecule has 2 rings (SSSR count).